The van der Waals surface area contributed by atoms with Crippen molar-refractivity contribution in [3.63, 3.8) is 0 Å². The van der Waals surface area contributed by atoms with Gasteiger partial charge < -0.3 is 5.11 Å². The van der Waals surface area contributed by atoms with Crippen LogP contribution in [0.3, 0.4) is 0 Å². The van der Waals surface area contributed by atoms with E-state index in [1.807, 2.05) is 0 Å². The Morgan fingerprint density at radius 3 is 2.25 bits per heavy atom. The van der Waals surface area contributed by atoms with Gasteiger partial charge in [0.1, 0.15) is 0 Å². The van der Waals surface area contributed by atoms with Gasteiger partial charge in [-0.25, -0.2) is 0 Å². The fourth-order valence-corrected chi connectivity index (χ4v) is 2.97. The van der Waals surface area contributed by atoms with E-state index in [9.17, 15) is 5.11 Å². The standard InChI is InChI=1S/C15H22O/c1-3-15(16,13-6-4-5-7-13)14-10-8-12(2)9-11-14/h8-11,13,16H,3-7H2,1-2H3. The van der Waals surface area contributed by atoms with E-state index in [4.69, 9.17) is 0 Å². The lowest BCUT2D eigenvalue weighted by atomic mass is 9.78. The molecule has 1 N–H and O–H groups in total. The number of benzene rings is 1. The second kappa shape index (κ2) is 4.58. The third-order valence-electron chi connectivity index (χ3n) is 4.12. The Kier molecular flexibility index (Phi) is 3.34. The van der Waals surface area contributed by atoms with Crippen molar-refractivity contribution < 1.29 is 5.11 Å². The summed E-state index contributed by atoms with van der Waals surface area (Å²) in [6, 6.07) is 8.39. The fraction of sp³-hybridized carbons (Fsp3) is 0.600. The smallest absolute Gasteiger partial charge is 0.0921 e. The number of hydrogen-bond donors (Lipinski definition) is 1. The molecule has 2 rings (SSSR count). The van der Waals surface area contributed by atoms with Crippen molar-refractivity contribution in [1.29, 1.82) is 0 Å². The maximum atomic E-state index is 10.9. The summed E-state index contributed by atoms with van der Waals surface area (Å²) in [6.45, 7) is 4.18. The van der Waals surface area contributed by atoms with Crippen molar-refractivity contribution in [2.75, 3.05) is 0 Å². The van der Waals surface area contributed by atoms with E-state index in [1.54, 1.807) is 0 Å². The van der Waals surface area contributed by atoms with Crippen molar-refractivity contribution in [1.82, 2.24) is 0 Å². The summed E-state index contributed by atoms with van der Waals surface area (Å²) < 4.78 is 0. The van der Waals surface area contributed by atoms with Crippen LogP contribution >= 0.6 is 0 Å². The molecule has 1 fully saturated rings. The van der Waals surface area contributed by atoms with Crippen LogP contribution in [-0.4, -0.2) is 5.11 Å². The molecule has 1 heteroatoms. The first-order valence-corrected chi connectivity index (χ1v) is 6.46. The first kappa shape index (κ1) is 11.7. The highest BCUT2D eigenvalue weighted by Crippen LogP contribution is 2.42. The molecule has 0 heterocycles. The van der Waals surface area contributed by atoms with Crippen molar-refractivity contribution >= 4 is 0 Å². The third-order valence-corrected chi connectivity index (χ3v) is 4.12. The molecule has 0 amide bonds. The van der Waals surface area contributed by atoms with Crippen LogP contribution in [-0.2, 0) is 5.60 Å². The molecule has 1 saturated carbocycles. The number of rotatable bonds is 3. The van der Waals surface area contributed by atoms with Crippen molar-refractivity contribution in [3.05, 3.63) is 35.4 Å². The van der Waals surface area contributed by atoms with Gasteiger partial charge in [0.15, 0.2) is 0 Å². The summed E-state index contributed by atoms with van der Waals surface area (Å²) in [6.07, 6.45) is 5.73. The fourth-order valence-electron chi connectivity index (χ4n) is 2.97. The molecule has 1 aliphatic carbocycles. The van der Waals surface area contributed by atoms with E-state index in [0.29, 0.717) is 5.92 Å². The Bertz CT molecular complexity index is 335. The number of aryl methyl sites for hydroxylation is 1. The Labute approximate surface area is 98.5 Å². The summed E-state index contributed by atoms with van der Waals surface area (Å²) in [5.41, 5.74) is 1.77. The summed E-state index contributed by atoms with van der Waals surface area (Å²) in [4.78, 5) is 0. The van der Waals surface area contributed by atoms with Crippen LogP contribution in [0.4, 0.5) is 0 Å². The molecule has 1 aliphatic rings. The third kappa shape index (κ3) is 2.01. The van der Waals surface area contributed by atoms with Gasteiger partial charge in [0.25, 0.3) is 0 Å². The highest BCUT2D eigenvalue weighted by molar-refractivity contribution is 5.27. The lowest BCUT2D eigenvalue weighted by Crippen LogP contribution is -2.32. The summed E-state index contributed by atoms with van der Waals surface area (Å²) >= 11 is 0. The van der Waals surface area contributed by atoms with Gasteiger partial charge in [0, 0.05) is 0 Å². The summed E-state index contributed by atoms with van der Waals surface area (Å²) in [7, 11) is 0. The van der Waals surface area contributed by atoms with E-state index in [-0.39, 0.29) is 0 Å². The average molecular weight is 218 g/mol. The molecular formula is C15H22O. The van der Waals surface area contributed by atoms with Crippen LogP contribution in [0.1, 0.15) is 50.2 Å². The van der Waals surface area contributed by atoms with Crippen LogP contribution in [0.15, 0.2) is 24.3 Å². The van der Waals surface area contributed by atoms with E-state index in [0.717, 1.165) is 12.0 Å². The molecule has 0 saturated heterocycles. The molecule has 1 aromatic carbocycles. The van der Waals surface area contributed by atoms with Gasteiger partial charge >= 0.3 is 0 Å². The minimum absolute atomic E-state index is 0.459. The average Bonchev–Trinajstić information content (AvgIpc) is 2.83. The van der Waals surface area contributed by atoms with Gasteiger partial charge in [-0.15, -0.1) is 0 Å². The number of aliphatic hydroxyl groups is 1. The quantitative estimate of drug-likeness (QED) is 0.818. The second-order valence-corrected chi connectivity index (χ2v) is 5.13. The number of hydrogen-bond acceptors (Lipinski definition) is 1. The van der Waals surface area contributed by atoms with Gasteiger partial charge in [-0.2, -0.15) is 0 Å². The monoisotopic (exact) mass is 218 g/mol. The SMILES string of the molecule is CCC(O)(c1ccc(C)cc1)C1CCCC1. The van der Waals surface area contributed by atoms with E-state index < -0.39 is 5.60 Å². The highest BCUT2D eigenvalue weighted by atomic mass is 16.3. The van der Waals surface area contributed by atoms with Crippen LogP contribution in [0.2, 0.25) is 0 Å². The van der Waals surface area contributed by atoms with Crippen LogP contribution in [0, 0.1) is 12.8 Å². The summed E-state index contributed by atoms with van der Waals surface area (Å²) in [5, 5.41) is 10.9. The minimum Gasteiger partial charge on any atom is -0.385 e. The van der Waals surface area contributed by atoms with Crippen molar-refractivity contribution in [2.24, 2.45) is 5.92 Å². The van der Waals surface area contributed by atoms with Crippen molar-refractivity contribution in [2.45, 2.75) is 51.6 Å². The largest absolute Gasteiger partial charge is 0.385 e. The van der Waals surface area contributed by atoms with Crippen molar-refractivity contribution in [3.8, 4) is 0 Å². The molecular weight excluding hydrogens is 196 g/mol. The normalized spacial score (nSPS) is 20.9. The van der Waals surface area contributed by atoms with Gasteiger partial charge in [0.05, 0.1) is 5.60 Å². The first-order chi connectivity index (χ1) is 7.66. The molecule has 0 radical (unpaired) electrons. The minimum atomic E-state index is -0.593. The molecule has 0 aromatic heterocycles. The molecule has 1 atom stereocenters. The molecule has 88 valence electrons. The maximum absolute atomic E-state index is 10.9. The Balaban J connectivity index is 2.29. The molecule has 0 spiro atoms. The van der Waals surface area contributed by atoms with E-state index in [1.165, 1.54) is 31.2 Å². The van der Waals surface area contributed by atoms with E-state index in [2.05, 4.69) is 38.1 Å². The zero-order chi connectivity index (χ0) is 11.6. The lowest BCUT2D eigenvalue weighted by Gasteiger charge is -2.33. The topological polar surface area (TPSA) is 20.2 Å². The van der Waals surface area contributed by atoms with Gasteiger partial charge in [-0.1, -0.05) is 49.6 Å². The zero-order valence-electron chi connectivity index (χ0n) is 10.4. The summed E-state index contributed by atoms with van der Waals surface area (Å²) in [5.74, 6) is 0.459. The predicted octanol–water partition coefficient (Wildman–Crippen LogP) is 3.78. The molecule has 0 bridgehead atoms. The molecule has 0 aliphatic heterocycles. The predicted molar refractivity (Wildman–Crippen MR) is 67.3 cm³/mol. The first-order valence-electron chi connectivity index (χ1n) is 6.46. The molecule has 1 aromatic rings. The van der Waals surface area contributed by atoms with E-state index >= 15 is 0 Å². The van der Waals surface area contributed by atoms with Gasteiger partial charge in [-0.05, 0) is 37.7 Å². The highest BCUT2D eigenvalue weighted by Gasteiger charge is 2.37. The van der Waals surface area contributed by atoms with Crippen LogP contribution < -0.4 is 0 Å². The Hall–Kier alpha value is -0.820. The van der Waals surface area contributed by atoms with Gasteiger partial charge in [0.2, 0.25) is 0 Å². The molecule has 1 unspecified atom stereocenters. The van der Waals surface area contributed by atoms with Crippen LogP contribution in [0.25, 0.3) is 0 Å². The van der Waals surface area contributed by atoms with Gasteiger partial charge in [-0.3, -0.25) is 0 Å². The van der Waals surface area contributed by atoms with Crippen LogP contribution in [0.5, 0.6) is 0 Å². The molecule has 16 heavy (non-hydrogen) atoms. The molecule has 1 nitrogen and oxygen atoms in total. The zero-order valence-corrected chi connectivity index (χ0v) is 10.4. The maximum Gasteiger partial charge on any atom is 0.0921 e. The Morgan fingerprint density at radius 2 is 1.75 bits per heavy atom. The second-order valence-electron chi connectivity index (χ2n) is 5.13. The Morgan fingerprint density at radius 1 is 1.19 bits per heavy atom. The lowest BCUT2D eigenvalue weighted by molar-refractivity contribution is -0.0256.